The van der Waals surface area contributed by atoms with Gasteiger partial charge in [-0.1, -0.05) is 29.8 Å². The van der Waals surface area contributed by atoms with Gasteiger partial charge in [0.1, 0.15) is 5.75 Å². The number of hydrogen-bond acceptors (Lipinski definition) is 4. The van der Waals surface area contributed by atoms with Crippen molar-refractivity contribution in [1.82, 2.24) is 0 Å². The van der Waals surface area contributed by atoms with Crippen LogP contribution < -0.4 is 4.74 Å². The fraction of sp³-hybridized carbons (Fsp3) is 0.188. The molecule has 0 radical (unpaired) electrons. The predicted octanol–water partition coefficient (Wildman–Crippen LogP) is 3.04. The van der Waals surface area contributed by atoms with Gasteiger partial charge in [0.15, 0.2) is 15.1 Å². The quantitative estimate of drug-likeness (QED) is 0.870. The second-order valence-corrected chi connectivity index (χ2v) is 6.67. The molecule has 0 N–H and O–H groups in total. The Bertz CT molecular complexity index is 757. The maximum absolute atomic E-state index is 12.6. The van der Waals surface area contributed by atoms with E-state index in [-0.39, 0.29) is 4.90 Å². The van der Waals surface area contributed by atoms with Gasteiger partial charge in [-0.3, -0.25) is 0 Å². The lowest BCUT2D eigenvalue weighted by Gasteiger charge is -2.12. The number of nitrogens with zero attached hydrogens (tertiary/aromatic N) is 1. The summed E-state index contributed by atoms with van der Waals surface area (Å²) >= 11 is 0. The standard InChI is InChI=1S/C16H15NO3S/c1-12-3-9-15(10-4-12)21(18,19)16(11-17)13-5-7-14(20-2)8-6-13/h3-10,16H,1-2H3/t16-/m0/s1. The van der Waals surface area contributed by atoms with E-state index in [1.54, 1.807) is 36.4 Å². The number of aryl methyl sites for hydroxylation is 1. The van der Waals surface area contributed by atoms with Crippen LogP contribution in [0.2, 0.25) is 0 Å². The van der Waals surface area contributed by atoms with Crippen molar-refractivity contribution in [1.29, 1.82) is 5.26 Å². The molecule has 0 aliphatic heterocycles. The number of sulfone groups is 1. The summed E-state index contributed by atoms with van der Waals surface area (Å²) in [6, 6.07) is 14.8. The largest absolute Gasteiger partial charge is 0.497 e. The van der Waals surface area contributed by atoms with Crippen molar-refractivity contribution in [3.05, 3.63) is 59.7 Å². The molecule has 4 nitrogen and oxygen atoms in total. The first kappa shape index (κ1) is 15.1. The van der Waals surface area contributed by atoms with E-state index in [0.717, 1.165) is 5.56 Å². The molecule has 5 heteroatoms. The molecule has 2 aromatic rings. The number of methoxy groups -OCH3 is 1. The molecule has 0 amide bonds. The molecule has 0 saturated carbocycles. The van der Waals surface area contributed by atoms with Gasteiger partial charge in [-0.15, -0.1) is 0 Å². The molecule has 0 aliphatic carbocycles. The van der Waals surface area contributed by atoms with Gasteiger partial charge in [0.2, 0.25) is 0 Å². The third-order valence-electron chi connectivity index (χ3n) is 3.20. The van der Waals surface area contributed by atoms with Crippen LogP contribution in [0.25, 0.3) is 0 Å². The van der Waals surface area contributed by atoms with Gasteiger partial charge in [-0.25, -0.2) is 8.42 Å². The van der Waals surface area contributed by atoms with Crippen molar-refractivity contribution in [3.8, 4) is 11.8 Å². The fourth-order valence-corrected chi connectivity index (χ4v) is 3.41. The number of hydrogen-bond donors (Lipinski definition) is 0. The smallest absolute Gasteiger partial charge is 0.198 e. The van der Waals surface area contributed by atoms with Gasteiger partial charge in [0.05, 0.1) is 18.1 Å². The van der Waals surface area contributed by atoms with E-state index in [1.807, 2.05) is 13.0 Å². The first-order valence-electron chi connectivity index (χ1n) is 6.33. The Morgan fingerprint density at radius 1 is 1.05 bits per heavy atom. The zero-order chi connectivity index (χ0) is 15.5. The summed E-state index contributed by atoms with van der Waals surface area (Å²) in [5.74, 6) is 0.614. The minimum absolute atomic E-state index is 0.149. The van der Waals surface area contributed by atoms with E-state index in [0.29, 0.717) is 11.3 Å². The zero-order valence-corrected chi connectivity index (χ0v) is 12.6. The molecule has 21 heavy (non-hydrogen) atoms. The molecule has 2 aromatic carbocycles. The molecule has 108 valence electrons. The third kappa shape index (κ3) is 3.06. The van der Waals surface area contributed by atoms with Crippen LogP contribution in [0.15, 0.2) is 53.4 Å². The van der Waals surface area contributed by atoms with Crippen LogP contribution in [0.1, 0.15) is 16.4 Å². The molecule has 0 saturated heterocycles. The summed E-state index contributed by atoms with van der Waals surface area (Å²) in [7, 11) is -2.21. The average molecular weight is 301 g/mol. The number of benzene rings is 2. The normalized spacial score (nSPS) is 12.4. The van der Waals surface area contributed by atoms with Crippen LogP contribution >= 0.6 is 0 Å². The van der Waals surface area contributed by atoms with E-state index < -0.39 is 15.1 Å². The maximum Gasteiger partial charge on any atom is 0.198 e. The minimum atomic E-state index is -3.74. The summed E-state index contributed by atoms with van der Waals surface area (Å²) in [6.45, 7) is 1.88. The van der Waals surface area contributed by atoms with Gasteiger partial charge < -0.3 is 4.74 Å². The van der Waals surface area contributed by atoms with Crippen LogP contribution in [0.4, 0.5) is 0 Å². The summed E-state index contributed by atoms with van der Waals surface area (Å²) in [5, 5.41) is 8.07. The van der Waals surface area contributed by atoms with Gasteiger partial charge >= 0.3 is 0 Å². The molecule has 1 atom stereocenters. The molecular formula is C16H15NO3S. The molecule has 0 fully saturated rings. The highest BCUT2D eigenvalue weighted by molar-refractivity contribution is 7.92. The Labute approximate surface area is 124 Å². The molecule has 0 spiro atoms. The lowest BCUT2D eigenvalue weighted by Crippen LogP contribution is -2.12. The zero-order valence-electron chi connectivity index (χ0n) is 11.8. The Kier molecular flexibility index (Phi) is 4.29. The molecule has 0 bridgehead atoms. The Balaban J connectivity index is 2.44. The summed E-state index contributed by atoms with van der Waals surface area (Å²) in [4.78, 5) is 0.149. The number of rotatable bonds is 4. The maximum atomic E-state index is 12.6. The lowest BCUT2D eigenvalue weighted by atomic mass is 10.1. The van der Waals surface area contributed by atoms with Crippen LogP contribution in [-0.4, -0.2) is 15.5 Å². The van der Waals surface area contributed by atoms with Crippen LogP contribution in [0.3, 0.4) is 0 Å². The van der Waals surface area contributed by atoms with Crippen molar-refractivity contribution in [3.63, 3.8) is 0 Å². The first-order valence-corrected chi connectivity index (χ1v) is 7.88. The molecular weight excluding hydrogens is 286 g/mol. The van der Waals surface area contributed by atoms with Crippen molar-refractivity contribution in [2.75, 3.05) is 7.11 Å². The van der Waals surface area contributed by atoms with E-state index in [9.17, 15) is 13.7 Å². The summed E-state index contributed by atoms with van der Waals surface area (Å²) in [6.07, 6.45) is 0. The SMILES string of the molecule is COc1ccc([C@H](C#N)S(=O)(=O)c2ccc(C)cc2)cc1. The van der Waals surface area contributed by atoms with Crippen LogP contribution in [-0.2, 0) is 9.84 Å². The molecule has 0 aliphatic rings. The van der Waals surface area contributed by atoms with Crippen molar-refractivity contribution < 1.29 is 13.2 Å². The topological polar surface area (TPSA) is 67.2 Å². The predicted molar refractivity (Wildman–Crippen MR) is 79.7 cm³/mol. The Morgan fingerprint density at radius 2 is 1.62 bits per heavy atom. The molecule has 2 rings (SSSR count). The van der Waals surface area contributed by atoms with Gasteiger partial charge in [0, 0.05) is 0 Å². The second-order valence-electron chi connectivity index (χ2n) is 4.64. The Morgan fingerprint density at radius 3 is 2.10 bits per heavy atom. The molecule has 0 heterocycles. The second kappa shape index (κ2) is 5.98. The highest BCUT2D eigenvalue weighted by Gasteiger charge is 2.29. The van der Waals surface area contributed by atoms with Crippen molar-refractivity contribution in [2.24, 2.45) is 0 Å². The summed E-state index contributed by atoms with van der Waals surface area (Å²) in [5.41, 5.74) is 1.39. The van der Waals surface area contributed by atoms with Gasteiger partial charge in [-0.05, 0) is 36.8 Å². The monoisotopic (exact) mass is 301 g/mol. The van der Waals surface area contributed by atoms with Gasteiger partial charge in [0.25, 0.3) is 0 Å². The highest BCUT2D eigenvalue weighted by Crippen LogP contribution is 2.29. The van der Waals surface area contributed by atoms with Crippen LogP contribution in [0.5, 0.6) is 5.75 Å². The first-order chi connectivity index (χ1) is 9.98. The average Bonchev–Trinajstić information content (AvgIpc) is 2.49. The number of nitriles is 1. The van der Waals surface area contributed by atoms with Crippen molar-refractivity contribution >= 4 is 9.84 Å². The van der Waals surface area contributed by atoms with Crippen molar-refractivity contribution in [2.45, 2.75) is 17.1 Å². The molecule has 0 aromatic heterocycles. The molecule has 0 unspecified atom stereocenters. The van der Waals surface area contributed by atoms with Crippen LogP contribution in [0, 0.1) is 18.3 Å². The summed E-state index contributed by atoms with van der Waals surface area (Å²) < 4.78 is 30.2. The third-order valence-corrected chi connectivity index (χ3v) is 5.12. The highest BCUT2D eigenvalue weighted by atomic mass is 32.2. The van der Waals surface area contributed by atoms with E-state index in [4.69, 9.17) is 4.74 Å². The minimum Gasteiger partial charge on any atom is -0.497 e. The fourth-order valence-electron chi connectivity index (χ4n) is 1.97. The van der Waals surface area contributed by atoms with Gasteiger partial charge in [-0.2, -0.15) is 5.26 Å². The van der Waals surface area contributed by atoms with E-state index >= 15 is 0 Å². The van der Waals surface area contributed by atoms with E-state index in [1.165, 1.54) is 19.2 Å². The number of ether oxygens (including phenoxy) is 1. The lowest BCUT2D eigenvalue weighted by molar-refractivity contribution is 0.414. The van der Waals surface area contributed by atoms with E-state index in [2.05, 4.69) is 0 Å². The Hall–Kier alpha value is -2.32.